The third-order valence-electron chi connectivity index (χ3n) is 2.89. The zero-order valence-corrected chi connectivity index (χ0v) is 12.3. The van der Waals surface area contributed by atoms with Gasteiger partial charge in [0.2, 0.25) is 0 Å². The van der Waals surface area contributed by atoms with Gasteiger partial charge in [-0.05, 0) is 18.6 Å². The molecule has 0 aliphatic carbocycles. The van der Waals surface area contributed by atoms with E-state index in [0.717, 1.165) is 25.3 Å². The second-order valence-corrected chi connectivity index (χ2v) is 5.00. The molecule has 1 heterocycles. The SMILES string of the molecule is CCCCCN(C)c1nc(C(F)(F)F)ccc1C(N)=S. The van der Waals surface area contributed by atoms with Crippen LogP contribution in [0.3, 0.4) is 0 Å². The molecule has 1 aromatic rings. The van der Waals surface area contributed by atoms with Crippen LogP contribution in [0.25, 0.3) is 0 Å². The molecule has 1 aromatic heterocycles. The van der Waals surface area contributed by atoms with E-state index in [2.05, 4.69) is 11.9 Å². The molecule has 7 heteroatoms. The van der Waals surface area contributed by atoms with Gasteiger partial charge < -0.3 is 10.6 Å². The van der Waals surface area contributed by atoms with Crippen LogP contribution in [-0.2, 0) is 6.18 Å². The molecule has 0 unspecified atom stereocenters. The van der Waals surface area contributed by atoms with Gasteiger partial charge in [-0.15, -0.1) is 0 Å². The number of unbranched alkanes of at least 4 members (excludes halogenated alkanes) is 2. The Hall–Kier alpha value is -1.37. The molecule has 0 aliphatic rings. The summed E-state index contributed by atoms with van der Waals surface area (Å²) in [5, 5.41) is 0. The lowest BCUT2D eigenvalue weighted by Gasteiger charge is -2.22. The molecule has 2 N–H and O–H groups in total. The van der Waals surface area contributed by atoms with Gasteiger partial charge in [-0.2, -0.15) is 13.2 Å². The molecule has 0 aliphatic heterocycles. The molecular weight excluding hydrogens is 287 g/mol. The Morgan fingerprint density at radius 1 is 1.35 bits per heavy atom. The largest absolute Gasteiger partial charge is 0.433 e. The number of aromatic nitrogens is 1. The monoisotopic (exact) mass is 305 g/mol. The lowest BCUT2D eigenvalue weighted by atomic mass is 10.2. The minimum atomic E-state index is -4.48. The predicted molar refractivity (Wildman–Crippen MR) is 77.9 cm³/mol. The fourth-order valence-corrected chi connectivity index (χ4v) is 1.95. The van der Waals surface area contributed by atoms with Crippen LogP contribution in [0.15, 0.2) is 12.1 Å². The van der Waals surface area contributed by atoms with Gasteiger partial charge in [0.05, 0.1) is 5.56 Å². The van der Waals surface area contributed by atoms with Crippen molar-refractivity contribution in [2.75, 3.05) is 18.5 Å². The number of thiocarbonyl (C=S) groups is 1. The van der Waals surface area contributed by atoms with Gasteiger partial charge in [0, 0.05) is 13.6 Å². The quantitative estimate of drug-likeness (QED) is 0.646. The summed E-state index contributed by atoms with van der Waals surface area (Å²) in [5.41, 5.74) is 4.98. The summed E-state index contributed by atoms with van der Waals surface area (Å²) in [6.45, 7) is 2.67. The van der Waals surface area contributed by atoms with E-state index in [0.29, 0.717) is 12.1 Å². The van der Waals surface area contributed by atoms with Crippen molar-refractivity contribution in [1.29, 1.82) is 0 Å². The highest BCUT2D eigenvalue weighted by molar-refractivity contribution is 7.80. The van der Waals surface area contributed by atoms with E-state index in [9.17, 15) is 13.2 Å². The highest BCUT2D eigenvalue weighted by atomic mass is 32.1. The molecule has 112 valence electrons. The summed E-state index contributed by atoms with van der Waals surface area (Å²) in [6, 6.07) is 2.18. The van der Waals surface area contributed by atoms with Crippen molar-refractivity contribution in [2.45, 2.75) is 32.4 Å². The Labute approximate surface area is 122 Å². The van der Waals surface area contributed by atoms with Gasteiger partial charge in [-0.25, -0.2) is 4.98 Å². The summed E-state index contributed by atoms with van der Waals surface area (Å²) in [4.78, 5) is 5.39. The van der Waals surface area contributed by atoms with Crippen molar-refractivity contribution in [3.05, 3.63) is 23.4 Å². The number of hydrogen-bond acceptors (Lipinski definition) is 3. The lowest BCUT2D eigenvalue weighted by molar-refractivity contribution is -0.141. The summed E-state index contributed by atoms with van der Waals surface area (Å²) >= 11 is 4.87. The molecule has 0 bridgehead atoms. The van der Waals surface area contributed by atoms with E-state index < -0.39 is 11.9 Å². The molecule has 0 saturated carbocycles. The van der Waals surface area contributed by atoms with Crippen LogP contribution in [0.5, 0.6) is 0 Å². The van der Waals surface area contributed by atoms with Crippen molar-refractivity contribution >= 4 is 23.0 Å². The fourth-order valence-electron chi connectivity index (χ4n) is 1.79. The first-order valence-corrected chi connectivity index (χ1v) is 6.77. The van der Waals surface area contributed by atoms with E-state index in [1.165, 1.54) is 6.07 Å². The van der Waals surface area contributed by atoms with Crippen LogP contribution in [0.1, 0.15) is 37.4 Å². The number of pyridine rings is 1. The van der Waals surface area contributed by atoms with E-state index in [1.807, 2.05) is 0 Å². The fraction of sp³-hybridized carbons (Fsp3) is 0.538. The van der Waals surface area contributed by atoms with E-state index >= 15 is 0 Å². The van der Waals surface area contributed by atoms with E-state index in [4.69, 9.17) is 18.0 Å². The number of alkyl halides is 3. The van der Waals surface area contributed by atoms with Crippen LogP contribution in [0, 0.1) is 0 Å². The first-order valence-electron chi connectivity index (χ1n) is 6.36. The third kappa shape index (κ3) is 4.33. The smallest absolute Gasteiger partial charge is 0.389 e. The molecule has 3 nitrogen and oxygen atoms in total. The van der Waals surface area contributed by atoms with Gasteiger partial charge >= 0.3 is 6.18 Å². The van der Waals surface area contributed by atoms with Crippen LogP contribution >= 0.6 is 12.2 Å². The zero-order valence-electron chi connectivity index (χ0n) is 11.5. The molecule has 0 saturated heterocycles. The average molecular weight is 305 g/mol. The van der Waals surface area contributed by atoms with Gasteiger partial charge in [0.15, 0.2) is 0 Å². The first kappa shape index (κ1) is 16.7. The maximum atomic E-state index is 12.7. The van der Waals surface area contributed by atoms with Gasteiger partial charge in [0.1, 0.15) is 16.5 Å². The molecule has 20 heavy (non-hydrogen) atoms. The highest BCUT2D eigenvalue weighted by Crippen LogP contribution is 2.30. The minimum Gasteiger partial charge on any atom is -0.389 e. The Morgan fingerprint density at radius 2 is 2.00 bits per heavy atom. The van der Waals surface area contributed by atoms with Gasteiger partial charge in [0.25, 0.3) is 0 Å². The second-order valence-electron chi connectivity index (χ2n) is 4.56. The topological polar surface area (TPSA) is 42.2 Å². The number of rotatable bonds is 6. The predicted octanol–water partition coefficient (Wildman–Crippen LogP) is 3.36. The van der Waals surface area contributed by atoms with Crippen molar-refractivity contribution < 1.29 is 13.2 Å². The number of nitrogens with two attached hydrogens (primary N) is 1. The molecule has 0 aromatic carbocycles. The van der Waals surface area contributed by atoms with Crippen LogP contribution in [0.4, 0.5) is 19.0 Å². The number of hydrogen-bond donors (Lipinski definition) is 1. The van der Waals surface area contributed by atoms with E-state index in [-0.39, 0.29) is 10.8 Å². The molecule has 0 fully saturated rings. The molecule has 0 spiro atoms. The number of halogens is 3. The van der Waals surface area contributed by atoms with Crippen LogP contribution in [-0.4, -0.2) is 23.6 Å². The maximum absolute atomic E-state index is 12.7. The van der Waals surface area contributed by atoms with Crippen LogP contribution < -0.4 is 10.6 Å². The van der Waals surface area contributed by atoms with Crippen molar-refractivity contribution in [3.63, 3.8) is 0 Å². The van der Waals surface area contributed by atoms with Gasteiger partial charge in [-0.3, -0.25) is 0 Å². The standard InChI is InChI=1S/C13H18F3N3S/c1-3-4-5-8-19(2)12-9(11(17)20)6-7-10(18-12)13(14,15)16/h6-7H,3-5,8H2,1-2H3,(H2,17,20). The van der Waals surface area contributed by atoms with Crippen LogP contribution in [0.2, 0.25) is 0 Å². The zero-order chi connectivity index (χ0) is 15.3. The summed E-state index contributed by atoms with van der Waals surface area (Å²) in [6.07, 6.45) is -1.56. The summed E-state index contributed by atoms with van der Waals surface area (Å²) < 4.78 is 38.2. The second kappa shape index (κ2) is 6.88. The molecular formula is C13H18F3N3S. The summed E-state index contributed by atoms with van der Waals surface area (Å²) in [5.74, 6) is 0.184. The summed E-state index contributed by atoms with van der Waals surface area (Å²) in [7, 11) is 1.69. The molecule has 0 radical (unpaired) electrons. The molecule has 0 atom stereocenters. The third-order valence-corrected chi connectivity index (χ3v) is 3.11. The lowest BCUT2D eigenvalue weighted by Crippen LogP contribution is -2.25. The minimum absolute atomic E-state index is 0.0450. The molecule has 0 amide bonds. The Balaban J connectivity index is 3.08. The average Bonchev–Trinajstić information content (AvgIpc) is 2.37. The number of nitrogens with zero attached hydrogens (tertiary/aromatic N) is 2. The first-order chi connectivity index (χ1) is 9.27. The number of anilines is 1. The Bertz CT molecular complexity index is 474. The normalized spacial score (nSPS) is 11.4. The Morgan fingerprint density at radius 3 is 2.50 bits per heavy atom. The maximum Gasteiger partial charge on any atom is 0.433 e. The van der Waals surface area contributed by atoms with E-state index in [1.54, 1.807) is 11.9 Å². The molecule has 1 rings (SSSR count). The Kier molecular flexibility index (Phi) is 5.74. The van der Waals surface area contributed by atoms with Crippen molar-refractivity contribution in [1.82, 2.24) is 4.98 Å². The van der Waals surface area contributed by atoms with Crippen molar-refractivity contribution in [3.8, 4) is 0 Å². The highest BCUT2D eigenvalue weighted by Gasteiger charge is 2.33. The van der Waals surface area contributed by atoms with Gasteiger partial charge in [-0.1, -0.05) is 32.0 Å². The van der Waals surface area contributed by atoms with Crippen molar-refractivity contribution in [2.24, 2.45) is 5.73 Å².